The van der Waals surface area contributed by atoms with E-state index in [0.717, 1.165) is 22.9 Å². The Balaban J connectivity index is 1.45. The topological polar surface area (TPSA) is 132 Å². The number of phosphoric ester groups is 1. The maximum Gasteiger partial charge on any atom is 0.530 e. The summed E-state index contributed by atoms with van der Waals surface area (Å²) >= 11 is 4.88. The highest BCUT2D eigenvalue weighted by Crippen LogP contribution is 2.55. The summed E-state index contributed by atoms with van der Waals surface area (Å²) in [5.41, 5.74) is -0.804. The number of nitrogens with zero attached hydrogens (tertiary/aromatic N) is 1. The fourth-order valence-corrected chi connectivity index (χ4v) is 4.65. The molecule has 3 N–H and O–H groups in total. The van der Waals surface area contributed by atoms with E-state index in [1.807, 2.05) is 4.98 Å². The van der Waals surface area contributed by atoms with Crippen molar-refractivity contribution in [2.24, 2.45) is 0 Å². The minimum Gasteiger partial charge on any atom is -0.404 e. The van der Waals surface area contributed by atoms with E-state index in [4.69, 9.17) is 30.5 Å². The number of nitrogens with one attached hydrogen (secondary N) is 1. The smallest absolute Gasteiger partial charge is 0.404 e. The first kappa shape index (κ1) is 23.1. The molecular formula is C17H16F3N2O8PS. The van der Waals surface area contributed by atoms with E-state index in [0.29, 0.717) is 0 Å². The van der Waals surface area contributed by atoms with Crippen molar-refractivity contribution in [3.8, 4) is 5.75 Å². The molecule has 4 rings (SSSR count). The molecule has 0 amide bonds. The molecule has 0 saturated carbocycles. The van der Waals surface area contributed by atoms with E-state index in [2.05, 4.69) is 0 Å². The lowest BCUT2D eigenvalue weighted by atomic mass is 10.1. The summed E-state index contributed by atoms with van der Waals surface area (Å²) in [7, 11) is -4.35. The minimum atomic E-state index is -4.35. The lowest BCUT2D eigenvalue weighted by Crippen LogP contribution is -2.43. The monoisotopic (exact) mass is 496 g/mol. The summed E-state index contributed by atoms with van der Waals surface area (Å²) < 4.78 is 75.4. The van der Waals surface area contributed by atoms with Gasteiger partial charge in [0.05, 0.1) is 13.2 Å². The molecular weight excluding hydrogens is 480 g/mol. The van der Waals surface area contributed by atoms with Gasteiger partial charge >= 0.3 is 7.82 Å². The van der Waals surface area contributed by atoms with Gasteiger partial charge in [0.1, 0.15) is 36.5 Å². The zero-order chi connectivity index (χ0) is 23.3. The zero-order valence-electron chi connectivity index (χ0n) is 15.9. The van der Waals surface area contributed by atoms with Crippen molar-refractivity contribution >= 4 is 20.0 Å². The number of fused-ring (bicyclic) bond motifs is 1. The molecule has 15 heteroatoms. The number of aliphatic hydroxyl groups is 2. The Hall–Kier alpha value is -2.06. The predicted octanol–water partition coefficient (Wildman–Crippen LogP) is 1.70. The lowest BCUT2D eigenvalue weighted by Gasteiger charge is -2.28. The molecule has 1 fully saturated rings. The number of aliphatic hydroxyl groups excluding tert-OH is 2. The Morgan fingerprint density at radius 3 is 2.88 bits per heavy atom. The molecule has 2 aliphatic heterocycles. The van der Waals surface area contributed by atoms with E-state index >= 15 is 4.39 Å². The van der Waals surface area contributed by atoms with Gasteiger partial charge in [0, 0.05) is 11.8 Å². The normalized spacial score (nSPS) is 31.8. The molecule has 2 aliphatic rings. The third-order valence-corrected chi connectivity index (χ3v) is 6.52. The Bertz CT molecular complexity index is 1210. The molecule has 174 valence electrons. The number of aromatic amines is 1. The van der Waals surface area contributed by atoms with Gasteiger partial charge in [0.2, 0.25) is 5.82 Å². The van der Waals surface area contributed by atoms with Gasteiger partial charge in [-0.2, -0.15) is 4.39 Å². The summed E-state index contributed by atoms with van der Waals surface area (Å²) in [5, 5.41) is 20.3. The summed E-state index contributed by atoms with van der Waals surface area (Å²) in [5.74, 6) is -4.78. The Morgan fingerprint density at radius 1 is 1.38 bits per heavy atom. The first-order valence-corrected chi connectivity index (χ1v) is 11.0. The van der Waals surface area contributed by atoms with E-state index in [-0.39, 0.29) is 22.7 Å². The van der Waals surface area contributed by atoms with E-state index in [9.17, 15) is 28.4 Å². The molecule has 1 unspecified atom stereocenters. The van der Waals surface area contributed by atoms with Crippen LogP contribution in [0.5, 0.6) is 5.75 Å². The van der Waals surface area contributed by atoms with Gasteiger partial charge in [-0.05, 0) is 30.4 Å². The summed E-state index contributed by atoms with van der Waals surface area (Å²) in [6.07, 6.45) is -4.65. The number of halogens is 3. The van der Waals surface area contributed by atoms with Crippen molar-refractivity contribution in [2.75, 3.05) is 6.61 Å². The standard InChI is InChI=1S/C17H16F3N2O8PS/c18-9-1-2-11-8(3-9)6-27-31(26,30-11)28-7-17(20)14(24)13(23)12(29-17)5-22-4-10(19)15(25)21-16(22)32/h1-4,12-14,23-24H,5-7H2,(H,21,25,32)/t12-,13-,14-,17+,31?/m0/s1. The van der Waals surface area contributed by atoms with Crippen LogP contribution in [0.1, 0.15) is 5.56 Å². The van der Waals surface area contributed by atoms with Gasteiger partial charge in [0.25, 0.3) is 11.4 Å². The fraction of sp³-hybridized carbons (Fsp3) is 0.412. The average molecular weight is 496 g/mol. The van der Waals surface area contributed by atoms with Crippen molar-refractivity contribution < 1.29 is 46.3 Å². The number of rotatable bonds is 5. The van der Waals surface area contributed by atoms with Gasteiger partial charge < -0.3 is 24.0 Å². The highest BCUT2D eigenvalue weighted by atomic mass is 32.1. The highest BCUT2D eigenvalue weighted by Gasteiger charge is 2.56. The van der Waals surface area contributed by atoms with Crippen molar-refractivity contribution in [3.05, 3.63) is 56.7 Å². The Labute approximate surface area is 182 Å². The van der Waals surface area contributed by atoms with E-state index in [1.54, 1.807) is 0 Å². The number of hydrogen-bond acceptors (Lipinski definition) is 9. The molecule has 1 aromatic carbocycles. The number of aromatic nitrogens is 2. The second kappa shape index (κ2) is 8.37. The average Bonchev–Trinajstić information content (AvgIpc) is 2.95. The second-order valence-corrected chi connectivity index (χ2v) is 9.08. The van der Waals surface area contributed by atoms with Crippen LogP contribution in [0.2, 0.25) is 0 Å². The van der Waals surface area contributed by atoms with Gasteiger partial charge in [-0.15, -0.1) is 0 Å². The van der Waals surface area contributed by atoms with Crippen LogP contribution in [0.25, 0.3) is 0 Å². The molecule has 32 heavy (non-hydrogen) atoms. The maximum absolute atomic E-state index is 15.2. The molecule has 1 aromatic heterocycles. The minimum absolute atomic E-state index is 0.00848. The SMILES string of the molecule is O=c1[nH]c(=S)n(C[C@@H]2O[C@](F)(COP3(=O)OCc4cc(F)ccc4O3)[C@@H](O)[C@H]2O)cc1F. The van der Waals surface area contributed by atoms with Crippen LogP contribution in [0, 0.1) is 16.4 Å². The highest BCUT2D eigenvalue weighted by molar-refractivity contribution is 7.71. The Morgan fingerprint density at radius 2 is 2.12 bits per heavy atom. The molecule has 3 heterocycles. The molecule has 1 saturated heterocycles. The number of H-pyrrole nitrogens is 1. The second-order valence-electron chi connectivity index (χ2n) is 7.10. The molecule has 0 bridgehead atoms. The third-order valence-electron chi connectivity index (χ3n) is 4.87. The van der Waals surface area contributed by atoms with Crippen LogP contribution in [0.15, 0.2) is 29.2 Å². The first-order valence-electron chi connectivity index (χ1n) is 9.09. The van der Waals surface area contributed by atoms with Gasteiger partial charge in [-0.1, -0.05) is 0 Å². The molecule has 10 nitrogen and oxygen atoms in total. The van der Waals surface area contributed by atoms with E-state index in [1.165, 1.54) is 6.07 Å². The maximum atomic E-state index is 15.2. The Kier molecular flexibility index (Phi) is 6.05. The molecule has 0 aliphatic carbocycles. The lowest BCUT2D eigenvalue weighted by molar-refractivity contribution is -0.195. The van der Waals surface area contributed by atoms with Gasteiger partial charge in [0.15, 0.2) is 4.77 Å². The third kappa shape index (κ3) is 4.39. The van der Waals surface area contributed by atoms with E-state index < -0.39 is 62.3 Å². The van der Waals surface area contributed by atoms with Crippen molar-refractivity contribution in [1.29, 1.82) is 0 Å². The summed E-state index contributed by atoms with van der Waals surface area (Å²) in [6.45, 7) is -1.94. The fourth-order valence-electron chi connectivity index (χ4n) is 3.20. The summed E-state index contributed by atoms with van der Waals surface area (Å²) in [4.78, 5) is 13.3. The molecule has 5 atom stereocenters. The van der Waals surface area contributed by atoms with Crippen molar-refractivity contribution in [3.63, 3.8) is 0 Å². The number of benzene rings is 1. The van der Waals surface area contributed by atoms with Crippen LogP contribution < -0.4 is 10.1 Å². The molecule has 0 radical (unpaired) electrons. The predicted molar refractivity (Wildman–Crippen MR) is 102 cm³/mol. The largest absolute Gasteiger partial charge is 0.530 e. The summed E-state index contributed by atoms with van der Waals surface area (Å²) in [6, 6.07) is 3.35. The number of hydrogen-bond donors (Lipinski definition) is 3. The molecule has 0 spiro atoms. The first-order chi connectivity index (χ1) is 15.0. The zero-order valence-corrected chi connectivity index (χ0v) is 17.7. The van der Waals surface area contributed by atoms with Gasteiger partial charge in [-0.25, -0.2) is 13.3 Å². The van der Waals surface area contributed by atoms with Crippen LogP contribution in [0.3, 0.4) is 0 Å². The van der Waals surface area contributed by atoms with Crippen LogP contribution >= 0.6 is 20.0 Å². The molecule has 2 aromatic rings. The van der Waals surface area contributed by atoms with Crippen molar-refractivity contribution in [1.82, 2.24) is 9.55 Å². The van der Waals surface area contributed by atoms with Crippen LogP contribution in [-0.2, 0) is 31.5 Å². The number of alkyl halides is 1. The van der Waals surface area contributed by atoms with Gasteiger partial charge in [-0.3, -0.25) is 18.8 Å². The number of ether oxygens (including phenoxy) is 1. The number of phosphoric acid groups is 1. The quantitative estimate of drug-likeness (QED) is 0.418. The van der Waals surface area contributed by atoms with Crippen molar-refractivity contribution in [2.45, 2.75) is 37.3 Å². The van der Waals surface area contributed by atoms with Crippen LogP contribution in [-0.4, -0.2) is 50.5 Å². The van der Waals surface area contributed by atoms with Crippen LogP contribution in [0.4, 0.5) is 13.2 Å².